The van der Waals surface area contributed by atoms with Crippen molar-refractivity contribution in [3.8, 4) is 27.2 Å². The van der Waals surface area contributed by atoms with Crippen molar-refractivity contribution < 1.29 is 9.84 Å². The SMILES string of the molecule is Oc1cc(-n2ccnc2)ccc1-c1nnc(OC2CCCC2)s1. The van der Waals surface area contributed by atoms with Crippen LogP contribution < -0.4 is 4.74 Å². The molecular formula is C16H16N4O2S. The predicted octanol–water partition coefficient (Wildman–Crippen LogP) is 3.42. The molecule has 0 saturated heterocycles. The third-order valence-corrected chi connectivity index (χ3v) is 4.84. The van der Waals surface area contributed by atoms with E-state index in [0.29, 0.717) is 15.8 Å². The Morgan fingerprint density at radius 3 is 2.83 bits per heavy atom. The van der Waals surface area contributed by atoms with E-state index in [1.807, 2.05) is 22.9 Å². The molecule has 6 nitrogen and oxygen atoms in total. The van der Waals surface area contributed by atoms with Crippen LogP contribution in [-0.4, -0.2) is 31.0 Å². The highest BCUT2D eigenvalue weighted by atomic mass is 32.1. The van der Waals surface area contributed by atoms with E-state index in [-0.39, 0.29) is 11.9 Å². The largest absolute Gasteiger partial charge is 0.507 e. The first-order valence-electron chi connectivity index (χ1n) is 7.61. The van der Waals surface area contributed by atoms with E-state index in [1.165, 1.54) is 24.2 Å². The maximum Gasteiger partial charge on any atom is 0.294 e. The number of hydrogen-bond acceptors (Lipinski definition) is 6. The third kappa shape index (κ3) is 2.92. The summed E-state index contributed by atoms with van der Waals surface area (Å²) < 4.78 is 7.68. The number of ether oxygens (including phenoxy) is 1. The highest BCUT2D eigenvalue weighted by molar-refractivity contribution is 7.16. The molecule has 7 heteroatoms. The topological polar surface area (TPSA) is 73.1 Å². The van der Waals surface area contributed by atoms with E-state index in [9.17, 15) is 5.11 Å². The van der Waals surface area contributed by atoms with Crippen LogP contribution in [0.1, 0.15) is 25.7 Å². The van der Waals surface area contributed by atoms with E-state index >= 15 is 0 Å². The summed E-state index contributed by atoms with van der Waals surface area (Å²) in [6.07, 6.45) is 10.1. The van der Waals surface area contributed by atoms with Crippen LogP contribution >= 0.6 is 11.3 Å². The number of aromatic hydroxyl groups is 1. The lowest BCUT2D eigenvalue weighted by Gasteiger charge is -2.08. The Kier molecular flexibility index (Phi) is 3.70. The van der Waals surface area contributed by atoms with Gasteiger partial charge in [0.1, 0.15) is 11.9 Å². The minimum absolute atomic E-state index is 0.166. The molecule has 1 aliphatic carbocycles. The fourth-order valence-corrected chi connectivity index (χ4v) is 3.58. The number of rotatable bonds is 4. The Balaban J connectivity index is 1.57. The Morgan fingerprint density at radius 2 is 2.09 bits per heavy atom. The average Bonchev–Trinajstić information content (AvgIpc) is 3.30. The first-order valence-corrected chi connectivity index (χ1v) is 8.43. The lowest BCUT2D eigenvalue weighted by atomic mass is 10.2. The van der Waals surface area contributed by atoms with Gasteiger partial charge in [-0.15, -0.1) is 5.10 Å². The van der Waals surface area contributed by atoms with Crippen molar-refractivity contribution in [1.29, 1.82) is 0 Å². The van der Waals surface area contributed by atoms with E-state index in [1.54, 1.807) is 18.6 Å². The van der Waals surface area contributed by atoms with Gasteiger partial charge >= 0.3 is 0 Å². The van der Waals surface area contributed by atoms with E-state index in [2.05, 4.69) is 15.2 Å². The van der Waals surface area contributed by atoms with Crippen molar-refractivity contribution in [2.45, 2.75) is 31.8 Å². The summed E-state index contributed by atoms with van der Waals surface area (Å²) in [5.41, 5.74) is 1.50. The van der Waals surface area contributed by atoms with Crippen molar-refractivity contribution in [1.82, 2.24) is 19.7 Å². The van der Waals surface area contributed by atoms with Gasteiger partial charge in [-0.3, -0.25) is 0 Å². The second kappa shape index (κ2) is 6.00. The Bertz CT molecular complexity index is 794. The number of nitrogens with zero attached hydrogens (tertiary/aromatic N) is 4. The van der Waals surface area contributed by atoms with Crippen LogP contribution in [-0.2, 0) is 0 Å². The van der Waals surface area contributed by atoms with Crippen molar-refractivity contribution >= 4 is 11.3 Å². The molecule has 1 aliphatic rings. The molecule has 1 N–H and O–H groups in total. The summed E-state index contributed by atoms with van der Waals surface area (Å²) in [5.74, 6) is 0.166. The maximum absolute atomic E-state index is 10.3. The molecule has 0 aliphatic heterocycles. The number of phenols is 1. The van der Waals surface area contributed by atoms with Crippen LogP contribution in [0.3, 0.4) is 0 Å². The zero-order chi connectivity index (χ0) is 15.6. The number of aromatic nitrogens is 4. The smallest absolute Gasteiger partial charge is 0.294 e. The van der Waals surface area contributed by atoms with Crippen molar-refractivity contribution in [3.05, 3.63) is 36.9 Å². The van der Waals surface area contributed by atoms with Crippen molar-refractivity contribution in [2.75, 3.05) is 0 Å². The minimum atomic E-state index is 0.166. The molecule has 2 heterocycles. The van der Waals surface area contributed by atoms with Gasteiger partial charge < -0.3 is 14.4 Å². The molecule has 1 aromatic carbocycles. The Hall–Kier alpha value is -2.41. The molecule has 118 valence electrons. The van der Waals surface area contributed by atoms with Gasteiger partial charge in [0.05, 0.1) is 17.6 Å². The molecule has 23 heavy (non-hydrogen) atoms. The third-order valence-electron chi connectivity index (χ3n) is 3.99. The molecule has 3 aromatic rings. The lowest BCUT2D eigenvalue weighted by molar-refractivity contribution is 0.207. The van der Waals surface area contributed by atoms with Gasteiger partial charge in [0.25, 0.3) is 5.19 Å². The molecule has 2 aromatic heterocycles. The van der Waals surface area contributed by atoms with E-state index < -0.39 is 0 Å². The quantitative estimate of drug-likeness (QED) is 0.794. The molecule has 0 atom stereocenters. The van der Waals surface area contributed by atoms with Crippen LogP contribution in [0.4, 0.5) is 0 Å². The van der Waals surface area contributed by atoms with Crippen LogP contribution in [0.2, 0.25) is 0 Å². The fourth-order valence-electron chi connectivity index (χ4n) is 2.79. The van der Waals surface area contributed by atoms with Gasteiger partial charge in [0, 0.05) is 18.5 Å². The van der Waals surface area contributed by atoms with Crippen LogP contribution in [0.5, 0.6) is 10.9 Å². The summed E-state index contributed by atoms with van der Waals surface area (Å²) >= 11 is 1.37. The average molecular weight is 328 g/mol. The maximum atomic E-state index is 10.3. The second-order valence-electron chi connectivity index (χ2n) is 5.57. The van der Waals surface area contributed by atoms with Gasteiger partial charge in [-0.1, -0.05) is 16.4 Å². The van der Waals surface area contributed by atoms with Gasteiger partial charge in [0.15, 0.2) is 5.01 Å². The summed E-state index contributed by atoms with van der Waals surface area (Å²) in [5, 5.41) is 19.8. The summed E-state index contributed by atoms with van der Waals surface area (Å²) in [4.78, 5) is 4.01. The summed E-state index contributed by atoms with van der Waals surface area (Å²) in [6.45, 7) is 0. The predicted molar refractivity (Wildman–Crippen MR) is 87.0 cm³/mol. The molecular weight excluding hydrogens is 312 g/mol. The molecule has 0 bridgehead atoms. The number of hydrogen-bond donors (Lipinski definition) is 1. The molecule has 0 unspecified atom stereocenters. The Morgan fingerprint density at radius 1 is 1.22 bits per heavy atom. The fraction of sp³-hybridized carbons (Fsp3) is 0.312. The van der Waals surface area contributed by atoms with Crippen LogP contribution in [0.15, 0.2) is 36.9 Å². The number of imidazole rings is 1. The normalized spacial score (nSPS) is 15.1. The highest BCUT2D eigenvalue weighted by Crippen LogP contribution is 2.36. The lowest BCUT2D eigenvalue weighted by Crippen LogP contribution is -2.10. The first-order chi connectivity index (χ1) is 11.3. The van der Waals surface area contributed by atoms with E-state index in [4.69, 9.17) is 4.74 Å². The molecule has 0 spiro atoms. The van der Waals surface area contributed by atoms with Crippen LogP contribution in [0.25, 0.3) is 16.3 Å². The van der Waals surface area contributed by atoms with Gasteiger partial charge in [-0.2, -0.15) is 0 Å². The van der Waals surface area contributed by atoms with Crippen LogP contribution in [0, 0.1) is 0 Å². The van der Waals surface area contributed by atoms with Gasteiger partial charge in [0.2, 0.25) is 0 Å². The van der Waals surface area contributed by atoms with E-state index in [0.717, 1.165) is 18.5 Å². The van der Waals surface area contributed by atoms with Gasteiger partial charge in [-0.05, 0) is 37.8 Å². The molecule has 0 radical (unpaired) electrons. The van der Waals surface area contributed by atoms with Crippen molar-refractivity contribution in [2.24, 2.45) is 0 Å². The first kappa shape index (κ1) is 14.2. The monoisotopic (exact) mass is 328 g/mol. The Labute approximate surface area is 137 Å². The molecule has 1 fully saturated rings. The second-order valence-corrected chi connectivity index (χ2v) is 6.51. The summed E-state index contributed by atoms with van der Waals surface area (Å²) in [7, 11) is 0. The zero-order valence-corrected chi connectivity index (χ0v) is 13.2. The zero-order valence-electron chi connectivity index (χ0n) is 12.4. The standard InChI is InChI=1S/C16H16N4O2S/c21-14-9-11(20-8-7-17-10-20)5-6-13(14)15-18-19-16(23-15)22-12-3-1-2-4-12/h5-10,12,21H,1-4H2. The molecule has 4 rings (SSSR count). The number of benzene rings is 1. The minimum Gasteiger partial charge on any atom is -0.507 e. The highest BCUT2D eigenvalue weighted by Gasteiger charge is 2.19. The molecule has 0 amide bonds. The van der Waals surface area contributed by atoms with Crippen molar-refractivity contribution in [3.63, 3.8) is 0 Å². The summed E-state index contributed by atoms with van der Waals surface area (Å²) in [6, 6.07) is 5.44. The number of phenolic OH excluding ortho intramolecular Hbond substituents is 1. The molecule has 1 saturated carbocycles. The van der Waals surface area contributed by atoms with Gasteiger partial charge in [-0.25, -0.2) is 4.98 Å².